The minimum Gasteiger partial charge on any atom is -0.793 e. The van der Waals surface area contributed by atoms with Crippen LogP contribution in [0.25, 0.3) is 0 Å². The Morgan fingerprint density at radius 1 is 1.75 bits per heavy atom. The molecule has 0 saturated heterocycles. The van der Waals surface area contributed by atoms with Crippen LogP contribution in [0.5, 0.6) is 0 Å². The van der Waals surface area contributed by atoms with E-state index in [2.05, 4.69) is 6.72 Å². The maximum absolute atomic E-state index is 8.44. The summed E-state index contributed by atoms with van der Waals surface area (Å²) in [5.74, 6) is 0. The normalized spacial score (nSPS) is 3.00. The van der Waals surface area contributed by atoms with E-state index in [0.717, 1.165) is 0 Å². The van der Waals surface area contributed by atoms with Crippen molar-refractivity contribution in [3.8, 4) is 0 Å². The van der Waals surface area contributed by atoms with Gasteiger partial charge in [-0.3, -0.25) is 0 Å². The van der Waals surface area contributed by atoms with E-state index in [1.807, 2.05) is 5.16 Å². The van der Waals surface area contributed by atoms with Crippen molar-refractivity contribution in [3.05, 3.63) is 5.21 Å². The second-order valence-corrected chi connectivity index (χ2v) is 0.129. The van der Waals surface area contributed by atoms with Crippen molar-refractivity contribution >= 4 is 6.72 Å². The van der Waals surface area contributed by atoms with E-state index in [-0.39, 0.29) is 29.6 Å². The third kappa shape index (κ3) is 24.2. The summed E-state index contributed by atoms with van der Waals surface area (Å²) in [6, 6.07) is 0. The molecule has 4 heavy (non-hydrogen) atoms. The monoisotopic (exact) mass is 67.0 g/mol. The molecule has 0 heterocycles. The Morgan fingerprint density at radius 2 is 1.75 bits per heavy atom. The topological polar surface area (TPSA) is 35.4 Å². The van der Waals surface area contributed by atoms with Crippen molar-refractivity contribution in [1.29, 1.82) is 0 Å². The molecular formula is CH2NNaO. The molecule has 0 unspecified atom stereocenters. The van der Waals surface area contributed by atoms with Gasteiger partial charge < -0.3 is 10.4 Å². The van der Waals surface area contributed by atoms with Gasteiger partial charge in [0.05, 0.1) is 0 Å². The number of hydrogen-bond acceptors (Lipinski definition) is 2. The molecule has 0 aliphatic heterocycles. The van der Waals surface area contributed by atoms with Crippen LogP contribution in [0.4, 0.5) is 0 Å². The van der Waals surface area contributed by atoms with Crippen molar-refractivity contribution in [1.82, 2.24) is 0 Å². The molecule has 0 rings (SSSR count). The van der Waals surface area contributed by atoms with Crippen LogP contribution >= 0.6 is 0 Å². The Hall–Kier alpha value is 0.470. The zero-order valence-corrected chi connectivity index (χ0v) is 4.56. The molecule has 0 aromatic rings. The number of rotatable bonds is 0. The Bertz CT molecular complexity index is 15.5. The summed E-state index contributed by atoms with van der Waals surface area (Å²) in [6.45, 7) is 2.56. The van der Waals surface area contributed by atoms with E-state index in [4.69, 9.17) is 5.21 Å². The molecule has 0 amide bonds. The molecule has 0 spiro atoms. The van der Waals surface area contributed by atoms with Gasteiger partial charge in [0.25, 0.3) is 0 Å². The van der Waals surface area contributed by atoms with Gasteiger partial charge in [0.1, 0.15) is 0 Å². The van der Waals surface area contributed by atoms with Crippen LogP contribution in [0.1, 0.15) is 0 Å². The van der Waals surface area contributed by atoms with E-state index in [0.29, 0.717) is 0 Å². The van der Waals surface area contributed by atoms with Gasteiger partial charge in [0.15, 0.2) is 0 Å². The first-order chi connectivity index (χ1) is 1.41. The molecular weight excluding hydrogens is 65.0 g/mol. The van der Waals surface area contributed by atoms with E-state index in [1.165, 1.54) is 0 Å². The first kappa shape index (κ1) is 8.82. The fourth-order valence-electron chi connectivity index (χ4n) is 0. The second kappa shape index (κ2) is 9.80. The summed E-state index contributed by atoms with van der Waals surface area (Å²) < 4.78 is 0. The fourth-order valence-corrected chi connectivity index (χ4v) is 0. The van der Waals surface area contributed by atoms with E-state index >= 15 is 0 Å². The van der Waals surface area contributed by atoms with Gasteiger partial charge in [0, 0.05) is 0 Å². The summed E-state index contributed by atoms with van der Waals surface area (Å²) in [4.78, 5) is 0. The summed E-state index contributed by atoms with van der Waals surface area (Å²) in [5.41, 5.74) is 0. The maximum Gasteiger partial charge on any atom is 1.00 e. The minimum absolute atomic E-state index is 0. The zero-order valence-electron chi connectivity index (χ0n) is 2.56. The summed E-state index contributed by atoms with van der Waals surface area (Å²) in [6.07, 6.45) is 0. The van der Waals surface area contributed by atoms with Crippen LogP contribution in [-0.2, 0) is 0 Å². The van der Waals surface area contributed by atoms with Gasteiger partial charge >= 0.3 is 29.6 Å². The molecule has 0 aromatic carbocycles. The summed E-state index contributed by atoms with van der Waals surface area (Å²) >= 11 is 0. The van der Waals surface area contributed by atoms with E-state index < -0.39 is 0 Å². The largest absolute Gasteiger partial charge is 1.00 e. The molecule has 0 bridgehead atoms. The van der Waals surface area contributed by atoms with Crippen molar-refractivity contribution in [2.24, 2.45) is 5.16 Å². The van der Waals surface area contributed by atoms with Gasteiger partial charge in [-0.25, -0.2) is 0 Å². The number of nitrogens with zero attached hydrogens (tertiary/aromatic N) is 1. The van der Waals surface area contributed by atoms with Gasteiger partial charge in [-0.05, 0) is 6.72 Å². The van der Waals surface area contributed by atoms with Crippen molar-refractivity contribution in [3.63, 3.8) is 0 Å². The molecule has 0 aliphatic carbocycles. The molecule has 3 heteroatoms. The molecule has 0 atom stereocenters. The quantitative estimate of drug-likeness (QED) is 0.171. The molecule has 0 N–H and O–H groups in total. The third-order valence-electron chi connectivity index (χ3n) is 0. The zero-order chi connectivity index (χ0) is 2.71. The van der Waals surface area contributed by atoms with Crippen LogP contribution in [0.3, 0.4) is 0 Å². The van der Waals surface area contributed by atoms with Crippen LogP contribution in [0.15, 0.2) is 5.16 Å². The summed E-state index contributed by atoms with van der Waals surface area (Å²) in [5, 5.41) is 10.4. The first-order valence-corrected chi connectivity index (χ1v) is 0.499. The van der Waals surface area contributed by atoms with Gasteiger partial charge in [-0.1, -0.05) is 0 Å². The average Bonchev–Trinajstić information content (AvgIpc) is 0.918. The van der Waals surface area contributed by atoms with Crippen molar-refractivity contribution < 1.29 is 29.6 Å². The SMILES string of the molecule is C=N[O-].[Na+]. The summed E-state index contributed by atoms with van der Waals surface area (Å²) in [7, 11) is 0. The minimum atomic E-state index is 0. The Morgan fingerprint density at radius 3 is 1.75 bits per heavy atom. The third-order valence-corrected chi connectivity index (χ3v) is 0. The van der Waals surface area contributed by atoms with Gasteiger partial charge in [-0.2, -0.15) is 0 Å². The Kier molecular flexibility index (Phi) is 21.6. The Labute approximate surface area is 46.8 Å². The molecule has 0 radical (unpaired) electrons. The molecule has 2 nitrogen and oxygen atoms in total. The molecule has 0 saturated carbocycles. The average molecular weight is 67.0 g/mol. The molecule has 0 aliphatic rings. The smallest absolute Gasteiger partial charge is 0.793 e. The van der Waals surface area contributed by atoms with Crippen LogP contribution < -0.4 is 29.6 Å². The standard InChI is InChI=1S/CH3NO.Na/c1-2-3;/h3H,1H2;/q;+1/p-1. The van der Waals surface area contributed by atoms with Crippen molar-refractivity contribution in [2.45, 2.75) is 0 Å². The van der Waals surface area contributed by atoms with Crippen molar-refractivity contribution in [2.75, 3.05) is 0 Å². The van der Waals surface area contributed by atoms with Gasteiger partial charge in [0.2, 0.25) is 0 Å². The Balaban J connectivity index is 0. The van der Waals surface area contributed by atoms with Crippen LogP contribution in [-0.4, -0.2) is 6.72 Å². The van der Waals surface area contributed by atoms with E-state index in [1.54, 1.807) is 0 Å². The van der Waals surface area contributed by atoms with Crippen LogP contribution in [0, 0.1) is 5.21 Å². The van der Waals surface area contributed by atoms with Crippen LogP contribution in [0.2, 0.25) is 0 Å². The fraction of sp³-hybridized carbons (Fsp3) is 0. The maximum atomic E-state index is 8.44. The molecule has 0 aromatic heterocycles. The predicted molar refractivity (Wildman–Crippen MR) is 12.9 cm³/mol. The number of hydrogen-bond donors (Lipinski definition) is 0. The molecule has 0 fully saturated rings. The van der Waals surface area contributed by atoms with E-state index in [9.17, 15) is 0 Å². The predicted octanol–water partition coefficient (Wildman–Crippen LogP) is -2.81. The molecule has 18 valence electrons. The van der Waals surface area contributed by atoms with Gasteiger partial charge in [-0.15, -0.1) is 0 Å². The second-order valence-electron chi connectivity index (χ2n) is 0.129. The first-order valence-electron chi connectivity index (χ1n) is 0.499.